The fourth-order valence-electron chi connectivity index (χ4n) is 3.61. The van der Waals surface area contributed by atoms with E-state index in [0.29, 0.717) is 0 Å². The first kappa shape index (κ1) is 15.5. The van der Waals surface area contributed by atoms with Crippen LogP contribution < -0.4 is 0 Å². The van der Waals surface area contributed by atoms with Crippen LogP contribution in [-0.2, 0) is 11.3 Å². The molecule has 1 atom stereocenters. The number of fused-ring (bicyclic) bond motifs is 2. The number of aromatic nitrogens is 4. The summed E-state index contributed by atoms with van der Waals surface area (Å²) in [7, 11) is 0. The highest BCUT2D eigenvalue weighted by Crippen LogP contribution is 2.36. The number of carbonyl (C=O) groups excluding carboxylic acids is 1. The Morgan fingerprint density at radius 2 is 1.92 bits per heavy atom. The molecule has 0 saturated carbocycles. The lowest BCUT2D eigenvalue weighted by atomic mass is 10.2. The number of hydrogen-bond donors (Lipinski definition) is 0. The van der Waals surface area contributed by atoms with Gasteiger partial charge in [0.15, 0.2) is 0 Å². The molecule has 2 aromatic carbocycles. The summed E-state index contributed by atoms with van der Waals surface area (Å²) in [6.45, 7) is 0.980. The monoisotopic (exact) mass is 363 g/mol. The molecule has 0 aliphatic carbocycles. The molecule has 7 heteroatoms. The van der Waals surface area contributed by atoms with Crippen molar-refractivity contribution in [1.82, 2.24) is 24.9 Å². The van der Waals surface area contributed by atoms with Crippen molar-refractivity contribution in [3.63, 3.8) is 0 Å². The van der Waals surface area contributed by atoms with Crippen molar-refractivity contribution in [2.75, 3.05) is 6.54 Å². The first-order valence-electron chi connectivity index (χ1n) is 8.73. The molecule has 26 heavy (non-hydrogen) atoms. The Balaban J connectivity index is 1.42. The smallest absolute Gasteiger partial charge is 0.244 e. The second-order valence-corrected chi connectivity index (χ2v) is 7.56. The third-order valence-corrected chi connectivity index (χ3v) is 6.01. The summed E-state index contributed by atoms with van der Waals surface area (Å²) in [5, 5.41) is 9.31. The predicted octanol–water partition coefficient (Wildman–Crippen LogP) is 3.40. The summed E-state index contributed by atoms with van der Waals surface area (Å²) in [6, 6.07) is 15.9. The SMILES string of the molecule is O=C(Cn1nnc2ccccc21)N1CCCC1c1nc2ccccc2s1. The zero-order valence-electron chi connectivity index (χ0n) is 14.1. The van der Waals surface area contributed by atoms with Gasteiger partial charge in [0.1, 0.15) is 17.1 Å². The fraction of sp³-hybridized carbons (Fsp3) is 0.263. The quantitative estimate of drug-likeness (QED) is 0.560. The van der Waals surface area contributed by atoms with Gasteiger partial charge in [-0.2, -0.15) is 0 Å². The van der Waals surface area contributed by atoms with Gasteiger partial charge in [0.25, 0.3) is 0 Å². The van der Waals surface area contributed by atoms with Crippen molar-refractivity contribution in [3.05, 3.63) is 53.5 Å². The highest BCUT2D eigenvalue weighted by molar-refractivity contribution is 7.18. The Bertz CT molecular complexity index is 1070. The first-order chi connectivity index (χ1) is 12.8. The molecule has 0 bridgehead atoms. The molecule has 1 aliphatic heterocycles. The largest absolute Gasteiger partial charge is 0.332 e. The number of amides is 1. The molecule has 1 aliphatic rings. The average Bonchev–Trinajstić information content (AvgIpc) is 3.39. The van der Waals surface area contributed by atoms with Crippen LogP contribution in [0.25, 0.3) is 21.3 Å². The molecule has 2 aromatic heterocycles. The van der Waals surface area contributed by atoms with Crippen LogP contribution in [0.3, 0.4) is 0 Å². The van der Waals surface area contributed by atoms with E-state index < -0.39 is 0 Å². The number of thiazole rings is 1. The third-order valence-electron chi connectivity index (χ3n) is 4.87. The van der Waals surface area contributed by atoms with Crippen LogP contribution in [0.4, 0.5) is 0 Å². The van der Waals surface area contributed by atoms with Crippen LogP contribution in [-0.4, -0.2) is 37.3 Å². The number of carbonyl (C=O) groups is 1. The van der Waals surface area contributed by atoms with Gasteiger partial charge in [-0.25, -0.2) is 9.67 Å². The molecule has 0 radical (unpaired) electrons. The zero-order chi connectivity index (χ0) is 17.5. The van der Waals surface area contributed by atoms with Crippen LogP contribution in [0.15, 0.2) is 48.5 Å². The number of benzene rings is 2. The highest BCUT2D eigenvalue weighted by atomic mass is 32.1. The molecule has 1 amide bonds. The Morgan fingerprint density at radius 3 is 2.81 bits per heavy atom. The van der Waals surface area contributed by atoms with Gasteiger partial charge >= 0.3 is 0 Å². The van der Waals surface area contributed by atoms with E-state index in [4.69, 9.17) is 4.98 Å². The van der Waals surface area contributed by atoms with Crippen molar-refractivity contribution in [3.8, 4) is 0 Å². The minimum absolute atomic E-state index is 0.0645. The van der Waals surface area contributed by atoms with Crippen LogP contribution >= 0.6 is 11.3 Å². The highest BCUT2D eigenvalue weighted by Gasteiger charge is 2.32. The molecule has 0 spiro atoms. The fourth-order valence-corrected chi connectivity index (χ4v) is 4.72. The van der Waals surface area contributed by atoms with Gasteiger partial charge in [0, 0.05) is 6.54 Å². The first-order valence-corrected chi connectivity index (χ1v) is 9.54. The Kier molecular flexibility index (Phi) is 3.67. The lowest BCUT2D eigenvalue weighted by Crippen LogP contribution is -2.33. The van der Waals surface area contributed by atoms with Gasteiger partial charge in [-0.05, 0) is 37.1 Å². The van der Waals surface area contributed by atoms with E-state index in [1.54, 1.807) is 16.0 Å². The Morgan fingerprint density at radius 1 is 1.12 bits per heavy atom. The Labute approximate surface area is 154 Å². The van der Waals surface area contributed by atoms with E-state index >= 15 is 0 Å². The Hall–Kier alpha value is -2.80. The predicted molar refractivity (Wildman–Crippen MR) is 101 cm³/mol. The second kappa shape index (κ2) is 6.17. The van der Waals surface area contributed by atoms with E-state index in [1.165, 1.54) is 4.70 Å². The lowest BCUT2D eigenvalue weighted by molar-refractivity contribution is -0.132. The van der Waals surface area contributed by atoms with Crippen molar-refractivity contribution in [2.45, 2.75) is 25.4 Å². The van der Waals surface area contributed by atoms with Crippen molar-refractivity contribution in [1.29, 1.82) is 0 Å². The van der Waals surface area contributed by atoms with E-state index in [9.17, 15) is 4.79 Å². The van der Waals surface area contributed by atoms with Gasteiger partial charge in [0.05, 0.1) is 21.8 Å². The molecule has 1 saturated heterocycles. The van der Waals surface area contributed by atoms with Crippen LogP contribution in [0.1, 0.15) is 23.9 Å². The standard InChI is InChI=1S/C19H17N5OS/c25-18(12-24-15-8-3-1-6-13(15)21-22-24)23-11-5-9-16(23)19-20-14-7-2-4-10-17(14)26-19/h1-4,6-8,10,16H,5,9,11-12H2. The maximum atomic E-state index is 13.0. The summed E-state index contributed by atoms with van der Waals surface area (Å²) in [5.41, 5.74) is 2.70. The van der Waals surface area contributed by atoms with Crippen molar-refractivity contribution in [2.24, 2.45) is 0 Å². The van der Waals surface area contributed by atoms with Gasteiger partial charge < -0.3 is 4.90 Å². The normalized spacial score (nSPS) is 17.4. The van der Waals surface area contributed by atoms with E-state index in [1.807, 2.05) is 47.4 Å². The molecule has 130 valence electrons. The topological polar surface area (TPSA) is 63.9 Å². The molecular formula is C19H17N5OS. The molecular weight excluding hydrogens is 346 g/mol. The van der Waals surface area contributed by atoms with Crippen LogP contribution in [0.2, 0.25) is 0 Å². The van der Waals surface area contributed by atoms with Crippen molar-refractivity contribution < 1.29 is 4.79 Å². The van der Waals surface area contributed by atoms with Gasteiger partial charge in [-0.3, -0.25) is 4.79 Å². The van der Waals surface area contributed by atoms with Crippen LogP contribution in [0, 0.1) is 0 Å². The van der Waals surface area contributed by atoms with E-state index in [-0.39, 0.29) is 18.5 Å². The van der Waals surface area contributed by atoms with Gasteiger partial charge in [-0.15, -0.1) is 16.4 Å². The number of rotatable bonds is 3. The molecule has 5 rings (SSSR count). The summed E-state index contributed by atoms with van der Waals surface area (Å²) in [4.78, 5) is 19.7. The summed E-state index contributed by atoms with van der Waals surface area (Å²) >= 11 is 1.69. The van der Waals surface area contributed by atoms with Crippen LogP contribution in [0.5, 0.6) is 0 Å². The minimum Gasteiger partial charge on any atom is -0.332 e. The second-order valence-electron chi connectivity index (χ2n) is 6.50. The number of para-hydroxylation sites is 2. The minimum atomic E-state index is 0.0645. The van der Waals surface area contributed by atoms with Crippen molar-refractivity contribution >= 4 is 38.5 Å². The molecule has 6 nitrogen and oxygen atoms in total. The maximum Gasteiger partial charge on any atom is 0.244 e. The number of likely N-dealkylation sites (tertiary alicyclic amines) is 1. The summed E-state index contributed by atoms with van der Waals surface area (Å²) < 4.78 is 2.86. The number of hydrogen-bond acceptors (Lipinski definition) is 5. The lowest BCUT2D eigenvalue weighted by Gasteiger charge is -2.23. The molecule has 4 aromatic rings. The van der Waals surface area contributed by atoms with Gasteiger partial charge in [-0.1, -0.05) is 29.5 Å². The van der Waals surface area contributed by atoms with E-state index in [0.717, 1.165) is 40.9 Å². The third kappa shape index (κ3) is 2.55. The number of nitrogens with zero attached hydrogens (tertiary/aromatic N) is 5. The summed E-state index contributed by atoms with van der Waals surface area (Å²) in [5.74, 6) is 0.0717. The zero-order valence-corrected chi connectivity index (χ0v) is 14.9. The molecule has 3 heterocycles. The molecule has 1 fully saturated rings. The average molecular weight is 363 g/mol. The molecule has 0 N–H and O–H groups in total. The summed E-state index contributed by atoms with van der Waals surface area (Å²) in [6.07, 6.45) is 1.97. The van der Waals surface area contributed by atoms with Gasteiger partial charge in [0.2, 0.25) is 5.91 Å². The maximum absolute atomic E-state index is 13.0. The van der Waals surface area contributed by atoms with E-state index in [2.05, 4.69) is 16.4 Å². The molecule has 1 unspecified atom stereocenters.